The molecular formula is C36H41F3N4O7. The van der Waals surface area contributed by atoms with Gasteiger partial charge in [0.15, 0.2) is 11.5 Å². The minimum absolute atomic E-state index is 0.0332. The molecule has 1 amide bonds. The van der Waals surface area contributed by atoms with Gasteiger partial charge < -0.3 is 34.7 Å². The molecule has 3 aromatic rings. The minimum atomic E-state index is -5.08. The zero-order valence-corrected chi connectivity index (χ0v) is 28.1. The molecule has 50 heavy (non-hydrogen) atoms. The molecule has 2 atom stereocenters. The Kier molecular flexibility index (Phi) is 11.4. The van der Waals surface area contributed by atoms with Crippen LogP contribution in [-0.2, 0) is 16.1 Å². The van der Waals surface area contributed by atoms with E-state index in [0.29, 0.717) is 31.1 Å². The van der Waals surface area contributed by atoms with E-state index in [-0.39, 0.29) is 18.4 Å². The average Bonchev–Trinajstić information content (AvgIpc) is 3.72. The average molecular weight is 699 g/mol. The first-order valence-corrected chi connectivity index (χ1v) is 16.2. The van der Waals surface area contributed by atoms with Gasteiger partial charge in [-0.05, 0) is 79.4 Å². The number of rotatable bonds is 11. The second kappa shape index (κ2) is 15.7. The third-order valence-electron chi connectivity index (χ3n) is 8.92. The van der Waals surface area contributed by atoms with Gasteiger partial charge in [0, 0.05) is 36.0 Å². The number of anilines is 1. The molecule has 2 unspecified atom stereocenters. The van der Waals surface area contributed by atoms with Crippen molar-refractivity contribution >= 4 is 17.6 Å². The van der Waals surface area contributed by atoms with Crippen LogP contribution in [0.2, 0.25) is 0 Å². The van der Waals surface area contributed by atoms with E-state index in [0.717, 1.165) is 60.0 Å². The number of allylic oxidation sites excluding steroid dienone is 1. The summed E-state index contributed by atoms with van der Waals surface area (Å²) >= 11 is 0. The van der Waals surface area contributed by atoms with E-state index in [9.17, 15) is 18.0 Å². The number of methoxy groups -OCH3 is 3. The lowest BCUT2D eigenvalue weighted by molar-refractivity contribution is -0.192. The lowest BCUT2D eigenvalue weighted by Gasteiger charge is -2.48. The van der Waals surface area contributed by atoms with Gasteiger partial charge in [0.25, 0.3) is 0 Å². The van der Waals surface area contributed by atoms with Crippen LogP contribution in [0.3, 0.4) is 0 Å². The second-order valence-corrected chi connectivity index (χ2v) is 12.0. The van der Waals surface area contributed by atoms with Gasteiger partial charge in [-0.3, -0.25) is 15.0 Å². The number of ether oxygens (including phenoxy) is 4. The highest BCUT2D eigenvalue weighted by Crippen LogP contribution is 2.52. The standard InChI is InChI=1S/C34H40N4O5.C2HF3O2/c1-40-25-11-12-28-26(19-25)27-20-34(15-7-16-36-34)38(29(33(27)37-28)14-17-43-24-8-5-4-6-9-24)32(39)22-35-21-23-10-13-30(41-2)31(18-23)42-3;3-2(4,5)1(6)7/h4-6,8-13,18-19,27,35-37H,7,14-17,20-22H2,1-3H3;(H,6,7). The number of nitrogens with one attached hydrogen (secondary N) is 3. The van der Waals surface area contributed by atoms with E-state index in [1.807, 2.05) is 59.5 Å². The van der Waals surface area contributed by atoms with Crippen LogP contribution in [0.5, 0.6) is 23.0 Å². The Labute approximate surface area is 288 Å². The normalized spacial score (nSPS) is 19.2. The van der Waals surface area contributed by atoms with Crippen LogP contribution < -0.4 is 34.9 Å². The summed E-state index contributed by atoms with van der Waals surface area (Å²) in [5.74, 6) is 0.400. The van der Waals surface area contributed by atoms with Crippen molar-refractivity contribution in [2.75, 3.05) is 46.3 Å². The molecule has 11 nitrogen and oxygen atoms in total. The van der Waals surface area contributed by atoms with Gasteiger partial charge in [0.1, 0.15) is 11.5 Å². The van der Waals surface area contributed by atoms with Crippen molar-refractivity contribution in [2.45, 2.75) is 50.0 Å². The number of carbonyl (C=O) groups is 2. The van der Waals surface area contributed by atoms with E-state index < -0.39 is 17.8 Å². The molecule has 14 heteroatoms. The van der Waals surface area contributed by atoms with Gasteiger partial charge in [-0.15, -0.1) is 0 Å². The van der Waals surface area contributed by atoms with Crippen LogP contribution in [0.4, 0.5) is 18.9 Å². The Balaban J connectivity index is 0.000000630. The number of carboxylic acid groups (broad SMARTS) is 1. The summed E-state index contributed by atoms with van der Waals surface area (Å²) in [5, 5.41) is 18.0. The fraction of sp³-hybridized carbons (Fsp3) is 0.389. The number of para-hydroxylation sites is 1. The fourth-order valence-corrected chi connectivity index (χ4v) is 6.71. The molecule has 3 aromatic carbocycles. The van der Waals surface area contributed by atoms with Crippen molar-refractivity contribution in [3.8, 4) is 23.0 Å². The Hall–Kier alpha value is -4.95. The number of halogens is 3. The molecular weight excluding hydrogens is 657 g/mol. The van der Waals surface area contributed by atoms with Crippen molar-refractivity contribution in [1.82, 2.24) is 15.5 Å². The number of fused-ring (bicyclic) bond motifs is 3. The predicted molar refractivity (Wildman–Crippen MR) is 179 cm³/mol. The van der Waals surface area contributed by atoms with Gasteiger partial charge in [-0.2, -0.15) is 13.2 Å². The molecule has 0 radical (unpaired) electrons. The molecule has 3 aliphatic rings. The summed E-state index contributed by atoms with van der Waals surface area (Å²) in [5.41, 5.74) is 4.88. The molecule has 3 heterocycles. The quantitative estimate of drug-likeness (QED) is 0.200. The maximum atomic E-state index is 14.2. The first-order valence-electron chi connectivity index (χ1n) is 16.2. The summed E-state index contributed by atoms with van der Waals surface area (Å²) in [7, 11) is 4.94. The van der Waals surface area contributed by atoms with Crippen molar-refractivity contribution in [3.63, 3.8) is 0 Å². The van der Waals surface area contributed by atoms with Crippen LogP contribution in [0.15, 0.2) is 78.1 Å². The molecule has 0 bridgehead atoms. The predicted octanol–water partition coefficient (Wildman–Crippen LogP) is 5.64. The summed E-state index contributed by atoms with van der Waals surface area (Å²) in [6.07, 6.45) is -1.80. The molecule has 3 aliphatic heterocycles. The lowest BCUT2D eigenvalue weighted by atomic mass is 9.81. The monoisotopic (exact) mass is 698 g/mol. The summed E-state index contributed by atoms with van der Waals surface area (Å²) in [6, 6.07) is 21.8. The first-order chi connectivity index (χ1) is 24.0. The number of hydrogen-bond acceptors (Lipinski definition) is 9. The van der Waals surface area contributed by atoms with E-state index in [1.165, 1.54) is 5.56 Å². The zero-order chi connectivity index (χ0) is 35.9. The Morgan fingerprint density at radius 3 is 2.36 bits per heavy atom. The third kappa shape index (κ3) is 8.08. The van der Waals surface area contributed by atoms with Crippen molar-refractivity contribution in [1.29, 1.82) is 0 Å². The highest BCUT2D eigenvalue weighted by atomic mass is 19.4. The largest absolute Gasteiger partial charge is 0.497 e. The van der Waals surface area contributed by atoms with Crippen LogP contribution >= 0.6 is 0 Å². The Morgan fingerprint density at radius 1 is 0.980 bits per heavy atom. The number of carboxylic acids is 1. The van der Waals surface area contributed by atoms with Crippen molar-refractivity contribution in [3.05, 3.63) is 89.3 Å². The van der Waals surface area contributed by atoms with Crippen LogP contribution in [-0.4, -0.2) is 74.7 Å². The van der Waals surface area contributed by atoms with Crippen LogP contribution in [0, 0.1) is 0 Å². The molecule has 0 saturated carbocycles. The van der Waals surface area contributed by atoms with Crippen LogP contribution in [0.1, 0.15) is 42.7 Å². The molecule has 1 spiro atoms. The number of amides is 1. The topological polar surface area (TPSA) is 131 Å². The smallest absolute Gasteiger partial charge is 0.490 e. The van der Waals surface area contributed by atoms with Gasteiger partial charge >= 0.3 is 12.1 Å². The zero-order valence-electron chi connectivity index (χ0n) is 28.1. The van der Waals surface area contributed by atoms with Gasteiger partial charge in [0.05, 0.1) is 40.1 Å². The minimum Gasteiger partial charge on any atom is -0.497 e. The number of benzene rings is 3. The Bertz CT molecular complexity index is 1690. The summed E-state index contributed by atoms with van der Waals surface area (Å²) in [4.78, 5) is 25.2. The highest BCUT2D eigenvalue weighted by Gasteiger charge is 2.52. The molecule has 0 aromatic heterocycles. The fourth-order valence-electron chi connectivity index (χ4n) is 6.71. The first kappa shape index (κ1) is 36.3. The number of nitrogens with zero attached hydrogens (tertiary/aromatic N) is 1. The van der Waals surface area contributed by atoms with E-state index in [4.69, 9.17) is 28.8 Å². The van der Waals surface area contributed by atoms with E-state index >= 15 is 0 Å². The third-order valence-corrected chi connectivity index (χ3v) is 8.92. The van der Waals surface area contributed by atoms with Crippen molar-refractivity contribution < 1.29 is 46.8 Å². The number of carbonyl (C=O) groups excluding carboxylic acids is 1. The van der Waals surface area contributed by atoms with Crippen molar-refractivity contribution in [2.24, 2.45) is 0 Å². The van der Waals surface area contributed by atoms with E-state index in [1.54, 1.807) is 21.3 Å². The number of aliphatic carboxylic acids is 1. The maximum absolute atomic E-state index is 14.2. The highest BCUT2D eigenvalue weighted by molar-refractivity contribution is 5.83. The molecule has 1 saturated heterocycles. The van der Waals surface area contributed by atoms with Gasteiger partial charge in [0.2, 0.25) is 5.91 Å². The van der Waals surface area contributed by atoms with E-state index in [2.05, 4.69) is 28.1 Å². The summed E-state index contributed by atoms with van der Waals surface area (Å²) in [6.45, 7) is 2.04. The molecule has 6 rings (SSSR count). The molecule has 1 fully saturated rings. The lowest BCUT2D eigenvalue weighted by Crippen LogP contribution is -2.61. The Morgan fingerprint density at radius 2 is 1.72 bits per heavy atom. The second-order valence-electron chi connectivity index (χ2n) is 12.0. The van der Waals surface area contributed by atoms with Gasteiger partial charge in [-0.1, -0.05) is 24.3 Å². The van der Waals surface area contributed by atoms with Crippen LogP contribution in [0.25, 0.3) is 0 Å². The number of alkyl halides is 3. The molecule has 268 valence electrons. The SMILES string of the molecule is COc1ccc2c(c1)C1CC3(CCCN3)N(C(=O)CNCc3ccc(OC)c(OC)c3)C(CCOc3ccccc3)=C1N2.O=C(O)C(F)(F)F. The summed E-state index contributed by atoms with van der Waals surface area (Å²) < 4.78 is 54.3. The molecule has 4 N–H and O–H groups in total. The maximum Gasteiger partial charge on any atom is 0.490 e. The number of hydrogen-bond donors (Lipinski definition) is 4. The van der Waals surface area contributed by atoms with Gasteiger partial charge in [-0.25, -0.2) is 4.79 Å². The molecule has 0 aliphatic carbocycles.